The summed E-state index contributed by atoms with van der Waals surface area (Å²) in [7, 11) is 0. The zero-order chi connectivity index (χ0) is 16.8. The van der Waals surface area contributed by atoms with Gasteiger partial charge in [0.2, 0.25) is 0 Å². The van der Waals surface area contributed by atoms with Crippen LogP contribution in [0.1, 0.15) is 22.8 Å². The van der Waals surface area contributed by atoms with Crippen LogP contribution in [0.2, 0.25) is 5.02 Å². The normalized spacial score (nSPS) is 10.2. The number of ether oxygens (including phenoxy) is 1. The summed E-state index contributed by atoms with van der Waals surface area (Å²) in [5, 5.41) is 2.96. The molecule has 1 N–H and O–H groups in total. The summed E-state index contributed by atoms with van der Waals surface area (Å²) in [4.78, 5) is 23.8. The lowest BCUT2D eigenvalue weighted by molar-refractivity contribution is -0.119. The number of carbonyl (C=O) groups excluding carboxylic acids is 2. The molecule has 0 saturated heterocycles. The number of nitrogens with one attached hydrogen (secondary N) is 1. The van der Waals surface area contributed by atoms with Crippen LogP contribution in [0.5, 0.6) is 0 Å². The van der Waals surface area contributed by atoms with Gasteiger partial charge >= 0.3 is 5.97 Å². The quantitative estimate of drug-likeness (QED) is 0.759. The zero-order valence-corrected chi connectivity index (χ0v) is 14.8. The fourth-order valence-electron chi connectivity index (χ4n) is 1.93. The van der Waals surface area contributed by atoms with Crippen molar-refractivity contribution in [2.24, 2.45) is 0 Å². The van der Waals surface area contributed by atoms with Crippen LogP contribution in [0, 0.1) is 0 Å². The number of amides is 1. The Morgan fingerprint density at radius 3 is 2.74 bits per heavy atom. The molecule has 1 amide bonds. The number of hydrogen-bond acceptors (Lipinski definition) is 3. The molecule has 4 nitrogen and oxygen atoms in total. The van der Waals surface area contributed by atoms with Gasteiger partial charge in [0.05, 0.1) is 10.6 Å². The standard InChI is InChI=1S/C17H15BrClNO3/c1-2-11-4-3-5-13(8-11)20-16(21)10-23-17(22)14-9-12(18)6-7-15(14)19/h3-9H,2,10H2,1H3,(H,20,21). The molecule has 0 fully saturated rings. The lowest BCUT2D eigenvalue weighted by atomic mass is 10.1. The summed E-state index contributed by atoms with van der Waals surface area (Å²) in [6, 6.07) is 12.3. The first-order chi connectivity index (χ1) is 11.0. The minimum Gasteiger partial charge on any atom is -0.452 e. The smallest absolute Gasteiger partial charge is 0.340 e. The molecule has 0 heterocycles. The SMILES string of the molecule is CCc1cccc(NC(=O)COC(=O)c2cc(Br)ccc2Cl)c1. The zero-order valence-electron chi connectivity index (χ0n) is 12.4. The van der Waals surface area contributed by atoms with Gasteiger partial charge in [-0.05, 0) is 42.3 Å². The molecule has 0 radical (unpaired) electrons. The Morgan fingerprint density at radius 1 is 1.22 bits per heavy atom. The number of aryl methyl sites for hydroxylation is 1. The van der Waals surface area contributed by atoms with Crippen molar-refractivity contribution in [3.63, 3.8) is 0 Å². The molecule has 23 heavy (non-hydrogen) atoms. The molecule has 0 unspecified atom stereocenters. The monoisotopic (exact) mass is 395 g/mol. The maximum Gasteiger partial charge on any atom is 0.340 e. The summed E-state index contributed by atoms with van der Waals surface area (Å²) >= 11 is 9.20. The third-order valence-electron chi connectivity index (χ3n) is 3.10. The van der Waals surface area contributed by atoms with Gasteiger partial charge in [-0.3, -0.25) is 4.79 Å². The van der Waals surface area contributed by atoms with Crippen molar-refractivity contribution >= 4 is 45.1 Å². The molecular weight excluding hydrogens is 382 g/mol. The van der Waals surface area contributed by atoms with E-state index in [0.29, 0.717) is 10.2 Å². The van der Waals surface area contributed by atoms with Gasteiger partial charge < -0.3 is 10.1 Å². The highest BCUT2D eigenvalue weighted by Crippen LogP contribution is 2.21. The average Bonchev–Trinajstić information content (AvgIpc) is 2.55. The Kier molecular flexibility index (Phi) is 6.19. The van der Waals surface area contributed by atoms with Gasteiger partial charge in [-0.2, -0.15) is 0 Å². The largest absolute Gasteiger partial charge is 0.452 e. The minimum absolute atomic E-state index is 0.210. The highest BCUT2D eigenvalue weighted by Gasteiger charge is 2.14. The van der Waals surface area contributed by atoms with Crippen molar-refractivity contribution in [3.8, 4) is 0 Å². The molecule has 0 spiro atoms. The molecule has 0 bridgehead atoms. The van der Waals surface area contributed by atoms with E-state index in [0.717, 1.165) is 12.0 Å². The van der Waals surface area contributed by atoms with Gasteiger partial charge in [-0.15, -0.1) is 0 Å². The third kappa shape index (κ3) is 5.08. The molecule has 2 aromatic carbocycles. The van der Waals surface area contributed by atoms with Crippen molar-refractivity contribution in [1.82, 2.24) is 0 Å². The van der Waals surface area contributed by atoms with E-state index in [9.17, 15) is 9.59 Å². The third-order valence-corrected chi connectivity index (χ3v) is 3.92. The number of anilines is 1. The Balaban J connectivity index is 1.93. The second-order valence-electron chi connectivity index (χ2n) is 4.80. The lowest BCUT2D eigenvalue weighted by Crippen LogP contribution is -2.21. The molecule has 6 heteroatoms. The molecule has 0 aliphatic carbocycles. The number of benzene rings is 2. The Morgan fingerprint density at radius 2 is 2.00 bits per heavy atom. The molecule has 120 valence electrons. The van der Waals surface area contributed by atoms with Crippen molar-refractivity contribution in [1.29, 1.82) is 0 Å². The molecular formula is C17H15BrClNO3. The Hall–Kier alpha value is -1.85. The van der Waals surface area contributed by atoms with E-state index < -0.39 is 11.9 Å². The molecule has 0 aliphatic rings. The van der Waals surface area contributed by atoms with Crippen LogP contribution in [0.3, 0.4) is 0 Å². The average molecular weight is 397 g/mol. The van der Waals surface area contributed by atoms with Crippen LogP contribution >= 0.6 is 27.5 Å². The second kappa shape index (κ2) is 8.13. The van der Waals surface area contributed by atoms with Crippen LogP contribution in [0.25, 0.3) is 0 Å². The molecule has 0 saturated carbocycles. The van der Waals surface area contributed by atoms with E-state index in [4.69, 9.17) is 16.3 Å². The number of rotatable bonds is 5. The van der Waals surface area contributed by atoms with Crippen molar-refractivity contribution in [2.75, 3.05) is 11.9 Å². The van der Waals surface area contributed by atoms with Gasteiger partial charge in [-0.1, -0.05) is 46.6 Å². The number of halogens is 2. The van der Waals surface area contributed by atoms with Gasteiger partial charge in [0.1, 0.15) is 0 Å². The molecule has 0 atom stereocenters. The van der Waals surface area contributed by atoms with Gasteiger partial charge in [0, 0.05) is 10.2 Å². The van der Waals surface area contributed by atoms with E-state index in [1.54, 1.807) is 24.3 Å². The number of esters is 1. The number of hydrogen-bond donors (Lipinski definition) is 1. The van der Waals surface area contributed by atoms with Gasteiger partial charge in [-0.25, -0.2) is 4.79 Å². The molecule has 0 aromatic heterocycles. The fourth-order valence-corrected chi connectivity index (χ4v) is 2.48. The van der Waals surface area contributed by atoms with Crippen LogP contribution < -0.4 is 5.32 Å². The summed E-state index contributed by atoms with van der Waals surface area (Å²) < 4.78 is 5.70. The highest BCUT2D eigenvalue weighted by atomic mass is 79.9. The summed E-state index contributed by atoms with van der Waals surface area (Å²) in [6.45, 7) is 1.66. The highest BCUT2D eigenvalue weighted by molar-refractivity contribution is 9.10. The maximum atomic E-state index is 12.0. The first-order valence-electron chi connectivity index (χ1n) is 7.00. The number of carbonyl (C=O) groups is 2. The molecule has 0 aliphatic heterocycles. The summed E-state index contributed by atoms with van der Waals surface area (Å²) in [5.74, 6) is -1.05. The lowest BCUT2D eigenvalue weighted by Gasteiger charge is -2.08. The minimum atomic E-state index is -0.645. The van der Waals surface area contributed by atoms with Crippen molar-refractivity contribution in [3.05, 3.63) is 63.1 Å². The van der Waals surface area contributed by atoms with Crippen LogP contribution in [0.4, 0.5) is 5.69 Å². The second-order valence-corrected chi connectivity index (χ2v) is 6.13. The first-order valence-corrected chi connectivity index (χ1v) is 8.17. The topological polar surface area (TPSA) is 55.4 Å². The van der Waals surface area contributed by atoms with E-state index in [2.05, 4.69) is 21.2 Å². The molecule has 2 aromatic rings. The Bertz CT molecular complexity index is 734. The van der Waals surface area contributed by atoms with E-state index in [1.807, 2.05) is 25.1 Å². The van der Waals surface area contributed by atoms with E-state index >= 15 is 0 Å². The van der Waals surface area contributed by atoms with Crippen LogP contribution in [-0.2, 0) is 16.0 Å². The summed E-state index contributed by atoms with van der Waals surface area (Å²) in [5.41, 5.74) is 1.99. The Labute approximate surface area is 147 Å². The van der Waals surface area contributed by atoms with Crippen molar-refractivity contribution in [2.45, 2.75) is 13.3 Å². The predicted octanol–water partition coefficient (Wildman–Crippen LogP) is 4.46. The van der Waals surface area contributed by atoms with Crippen LogP contribution in [0.15, 0.2) is 46.9 Å². The molecule has 2 rings (SSSR count). The first kappa shape index (κ1) is 17.5. The van der Waals surface area contributed by atoms with Crippen LogP contribution in [-0.4, -0.2) is 18.5 Å². The van der Waals surface area contributed by atoms with E-state index in [1.165, 1.54) is 0 Å². The maximum absolute atomic E-state index is 12.0. The van der Waals surface area contributed by atoms with Gasteiger partial charge in [0.25, 0.3) is 5.91 Å². The van der Waals surface area contributed by atoms with Gasteiger partial charge in [0.15, 0.2) is 6.61 Å². The van der Waals surface area contributed by atoms with E-state index in [-0.39, 0.29) is 17.2 Å². The predicted molar refractivity (Wildman–Crippen MR) is 93.9 cm³/mol. The van der Waals surface area contributed by atoms with Crippen molar-refractivity contribution < 1.29 is 14.3 Å². The fraction of sp³-hybridized carbons (Fsp3) is 0.176. The summed E-state index contributed by atoms with van der Waals surface area (Å²) in [6.07, 6.45) is 0.875.